The summed E-state index contributed by atoms with van der Waals surface area (Å²) in [4.78, 5) is 25.1. The average molecular weight is 416 g/mol. The van der Waals surface area contributed by atoms with Crippen molar-refractivity contribution in [1.82, 2.24) is 4.57 Å². The third kappa shape index (κ3) is 4.03. The molecule has 0 saturated carbocycles. The Morgan fingerprint density at radius 2 is 1.82 bits per heavy atom. The van der Waals surface area contributed by atoms with Crippen LogP contribution < -0.4 is 24.2 Å². The summed E-state index contributed by atoms with van der Waals surface area (Å²) in [5.74, 6) is 0.927. The number of hydrogen-bond donors (Lipinski definition) is 0. The van der Waals surface area contributed by atoms with Gasteiger partial charge >= 0.3 is 0 Å². The Morgan fingerprint density at radius 1 is 1.11 bits per heavy atom. The van der Waals surface area contributed by atoms with Gasteiger partial charge in [0.25, 0.3) is 5.56 Å². The largest absolute Gasteiger partial charge is 0.493 e. The predicted molar refractivity (Wildman–Crippen MR) is 112 cm³/mol. The van der Waals surface area contributed by atoms with Crippen molar-refractivity contribution in [2.45, 2.75) is 0 Å². The number of benzene rings is 2. The van der Waals surface area contributed by atoms with Crippen LogP contribution in [0.15, 0.2) is 47.3 Å². The van der Waals surface area contributed by atoms with Gasteiger partial charge in [0.1, 0.15) is 4.66 Å². The molecule has 0 atom stereocenters. The minimum atomic E-state index is -0.195. The van der Waals surface area contributed by atoms with E-state index in [0.29, 0.717) is 31.3 Å². The van der Waals surface area contributed by atoms with E-state index < -0.39 is 0 Å². The predicted octanol–water partition coefficient (Wildman–Crippen LogP) is 2.61. The highest BCUT2D eigenvalue weighted by Gasteiger charge is 2.09. The number of ketones is 1. The van der Waals surface area contributed by atoms with Crippen molar-refractivity contribution in [3.8, 4) is 11.5 Å². The molecule has 0 unspecified atom stereocenters. The highest BCUT2D eigenvalue weighted by atomic mass is 35.5. The molecule has 0 aliphatic rings. The first-order valence-corrected chi connectivity index (χ1v) is 9.54. The van der Waals surface area contributed by atoms with Gasteiger partial charge in [-0.3, -0.25) is 9.59 Å². The number of Topliss-reactive ketones (excluding diaryl/α,β-unsaturated/α-hetero) is 1. The molecule has 2 aromatic carbocycles. The number of ether oxygens (including phenoxy) is 2. The fourth-order valence-electron chi connectivity index (χ4n) is 2.68. The lowest BCUT2D eigenvalue weighted by Gasteiger charge is -2.09. The van der Waals surface area contributed by atoms with Crippen LogP contribution in [0, 0.1) is 0 Å². The zero-order valence-corrected chi connectivity index (χ0v) is 17.1. The van der Waals surface area contributed by atoms with Gasteiger partial charge in [-0.15, -0.1) is 11.3 Å². The monoisotopic (exact) mass is 415 g/mol. The number of aromatic nitrogens is 1. The van der Waals surface area contributed by atoms with Gasteiger partial charge in [-0.1, -0.05) is 23.7 Å². The summed E-state index contributed by atoms with van der Waals surface area (Å²) in [7, 11) is 4.74. The van der Waals surface area contributed by atoms with Gasteiger partial charge in [0, 0.05) is 29.3 Å². The van der Waals surface area contributed by atoms with Gasteiger partial charge in [0.15, 0.2) is 17.3 Å². The van der Waals surface area contributed by atoms with Gasteiger partial charge in [-0.05, 0) is 36.4 Å². The number of rotatable bonds is 5. The van der Waals surface area contributed by atoms with E-state index in [1.807, 2.05) is 12.1 Å². The summed E-state index contributed by atoms with van der Waals surface area (Å²) in [6.45, 7) is 0. The molecule has 1 aromatic heterocycles. The van der Waals surface area contributed by atoms with E-state index in [2.05, 4.69) is 0 Å². The van der Waals surface area contributed by atoms with Crippen LogP contribution in [0.3, 0.4) is 0 Å². The van der Waals surface area contributed by atoms with Crippen LogP contribution in [0.25, 0.3) is 12.2 Å². The van der Waals surface area contributed by atoms with Crippen LogP contribution in [-0.4, -0.2) is 24.6 Å². The molecule has 0 radical (unpaired) electrons. The topological polar surface area (TPSA) is 57.5 Å². The molecule has 0 spiro atoms. The normalized spacial score (nSPS) is 12.3. The molecule has 144 valence electrons. The molecule has 7 heteroatoms. The molecule has 0 saturated heterocycles. The third-order valence-corrected chi connectivity index (χ3v) is 5.53. The van der Waals surface area contributed by atoms with Crippen LogP contribution in [0.4, 0.5) is 0 Å². The Morgan fingerprint density at radius 3 is 2.46 bits per heavy atom. The molecule has 0 aliphatic carbocycles. The molecule has 0 amide bonds. The van der Waals surface area contributed by atoms with Crippen LogP contribution in [0.5, 0.6) is 11.5 Å². The SMILES string of the molecule is COc1cccc(/C=c2\s/c(=C\C(=O)c3ccc(Cl)cc3)n(C)c2=O)c1OC. The summed E-state index contributed by atoms with van der Waals surface area (Å²) in [5, 5.41) is 0.559. The second-order valence-corrected chi connectivity index (χ2v) is 7.41. The number of carbonyl (C=O) groups is 1. The van der Waals surface area contributed by atoms with Gasteiger partial charge < -0.3 is 14.0 Å². The van der Waals surface area contributed by atoms with E-state index in [4.69, 9.17) is 21.1 Å². The summed E-state index contributed by atoms with van der Waals surface area (Å²) in [6, 6.07) is 12.1. The van der Waals surface area contributed by atoms with Gasteiger partial charge in [-0.2, -0.15) is 0 Å². The summed E-state index contributed by atoms with van der Waals surface area (Å²) < 4.78 is 13.2. The second kappa shape index (κ2) is 8.46. The lowest BCUT2D eigenvalue weighted by atomic mass is 10.1. The Kier molecular flexibility index (Phi) is 6.02. The van der Waals surface area contributed by atoms with Crippen molar-refractivity contribution < 1.29 is 14.3 Å². The lowest BCUT2D eigenvalue weighted by Crippen LogP contribution is -2.29. The Balaban J connectivity index is 2.10. The molecule has 1 heterocycles. The van der Waals surface area contributed by atoms with E-state index in [9.17, 15) is 9.59 Å². The molecule has 0 aliphatic heterocycles. The van der Waals surface area contributed by atoms with Crippen molar-refractivity contribution >= 4 is 40.9 Å². The number of carbonyl (C=O) groups excluding carboxylic acids is 1. The number of para-hydroxylation sites is 1. The highest BCUT2D eigenvalue weighted by molar-refractivity contribution is 7.07. The van der Waals surface area contributed by atoms with Crippen LogP contribution in [0.1, 0.15) is 15.9 Å². The number of methoxy groups -OCH3 is 2. The van der Waals surface area contributed by atoms with Gasteiger partial charge in [0.2, 0.25) is 0 Å². The number of thiazole rings is 1. The van der Waals surface area contributed by atoms with Crippen molar-refractivity contribution in [3.05, 3.63) is 78.2 Å². The van der Waals surface area contributed by atoms with Crippen LogP contribution >= 0.6 is 22.9 Å². The van der Waals surface area contributed by atoms with Crippen molar-refractivity contribution in [2.75, 3.05) is 14.2 Å². The lowest BCUT2D eigenvalue weighted by molar-refractivity contribution is 0.106. The number of halogens is 1. The van der Waals surface area contributed by atoms with E-state index in [1.165, 1.54) is 22.0 Å². The quantitative estimate of drug-likeness (QED) is 0.601. The minimum absolute atomic E-state index is 0.190. The third-order valence-electron chi connectivity index (χ3n) is 4.16. The van der Waals surface area contributed by atoms with Gasteiger partial charge in [0.05, 0.1) is 18.8 Å². The molecule has 0 fully saturated rings. The molecule has 28 heavy (non-hydrogen) atoms. The molecule has 5 nitrogen and oxygen atoms in total. The Bertz CT molecular complexity index is 1190. The van der Waals surface area contributed by atoms with Crippen molar-refractivity contribution in [3.63, 3.8) is 0 Å². The molecule has 0 bridgehead atoms. The smallest absolute Gasteiger partial charge is 0.268 e. The maximum Gasteiger partial charge on any atom is 0.268 e. The first-order valence-electron chi connectivity index (χ1n) is 8.34. The summed E-state index contributed by atoms with van der Waals surface area (Å²) >= 11 is 7.10. The molecular formula is C21H18ClNO4S. The fraction of sp³-hybridized carbons (Fsp3) is 0.143. The highest BCUT2D eigenvalue weighted by Crippen LogP contribution is 2.30. The second-order valence-electron chi connectivity index (χ2n) is 5.91. The Labute approximate surface area is 170 Å². The molecular weight excluding hydrogens is 398 g/mol. The van der Waals surface area contributed by atoms with Gasteiger partial charge in [-0.25, -0.2) is 0 Å². The van der Waals surface area contributed by atoms with Crippen molar-refractivity contribution in [1.29, 1.82) is 0 Å². The molecule has 3 aromatic rings. The van der Waals surface area contributed by atoms with Crippen LogP contribution in [-0.2, 0) is 7.05 Å². The standard InChI is InChI=1S/C21H18ClNO4S/c1-23-19(12-16(24)13-7-9-15(22)10-8-13)28-18(21(23)25)11-14-5-4-6-17(26-2)20(14)27-3/h4-12H,1-3H3/b18-11-,19-12-. The maximum atomic E-state index is 12.6. The minimum Gasteiger partial charge on any atom is -0.493 e. The van der Waals surface area contributed by atoms with Crippen molar-refractivity contribution in [2.24, 2.45) is 7.05 Å². The first-order chi connectivity index (χ1) is 13.4. The summed E-state index contributed by atoms with van der Waals surface area (Å²) in [6.07, 6.45) is 3.19. The van der Waals surface area contributed by atoms with Crippen LogP contribution in [0.2, 0.25) is 5.02 Å². The van der Waals surface area contributed by atoms with E-state index in [-0.39, 0.29) is 11.3 Å². The fourth-order valence-corrected chi connectivity index (χ4v) is 3.83. The number of hydrogen-bond acceptors (Lipinski definition) is 5. The number of nitrogens with zero attached hydrogens (tertiary/aromatic N) is 1. The average Bonchev–Trinajstić information content (AvgIpc) is 2.96. The summed E-state index contributed by atoms with van der Waals surface area (Å²) in [5.41, 5.74) is 1.03. The van der Waals surface area contributed by atoms with E-state index in [0.717, 1.165) is 5.56 Å². The first kappa shape index (κ1) is 19.9. The van der Waals surface area contributed by atoms with E-state index in [1.54, 1.807) is 57.7 Å². The zero-order chi connectivity index (χ0) is 20.3. The van der Waals surface area contributed by atoms with E-state index >= 15 is 0 Å². The molecule has 0 N–H and O–H groups in total. The molecule has 3 rings (SSSR count). The maximum absolute atomic E-state index is 12.6. The zero-order valence-electron chi connectivity index (χ0n) is 15.6. The Hall–Kier alpha value is -2.83.